The Morgan fingerprint density at radius 1 is 1.00 bits per heavy atom. The van der Waals surface area contributed by atoms with E-state index in [1.54, 1.807) is 0 Å². The zero-order chi connectivity index (χ0) is 12.3. The molecule has 1 heterocycles. The largest absolute Gasteiger partial charge is 0.325 e. The monoisotopic (exact) mass is 294 g/mol. The van der Waals surface area contributed by atoms with Crippen LogP contribution in [0.1, 0.15) is 11.3 Å². The maximum atomic E-state index is 11.1. The van der Waals surface area contributed by atoms with E-state index < -0.39 is 5.69 Å². The molecule has 17 heavy (non-hydrogen) atoms. The van der Waals surface area contributed by atoms with Gasteiger partial charge in [-0.25, -0.2) is 4.79 Å². The highest BCUT2D eigenvalue weighted by molar-refractivity contribution is 9.10. The number of nitrogens with one attached hydrogen (secondary N) is 2. The third-order valence-electron chi connectivity index (χ3n) is 2.41. The first-order valence-electron chi connectivity index (χ1n) is 5.20. The van der Waals surface area contributed by atoms with E-state index in [-0.39, 0.29) is 5.56 Å². The first-order valence-corrected chi connectivity index (χ1v) is 6.00. The first kappa shape index (κ1) is 11.9. The van der Waals surface area contributed by atoms with Crippen molar-refractivity contribution >= 4 is 15.9 Å². The van der Waals surface area contributed by atoms with Gasteiger partial charge in [-0.2, -0.15) is 0 Å². The summed E-state index contributed by atoms with van der Waals surface area (Å²) in [6, 6.07) is 9.37. The van der Waals surface area contributed by atoms with E-state index in [4.69, 9.17) is 0 Å². The van der Waals surface area contributed by atoms with Gasteiger partial charge in [-0.1, -0.05) is 28.1 Å². The van der Waals surface area contributed by atoms with Crippen molar-refractivity contribution in [3.05, 3.63) is 66.9 Å². The van der Waals surface area contributed by atoms with E-state index in [0.717, 1.165) is 16.5 Å². The molecule has 0 saturated carbocycles. The number of benzene rings is 1. The molecule has 2 rings (SSSR count). The average molecular weight is 295 g/mol. The second kappa shape index (κ2) is 5.14. The summed E-state index contributed by atoms with van der Waals surface area (Å²) in [7, 11) is 0. The fourth-order valence-electron chi connectivity index (χ4n) is 1.58. The van der Waals surface area contributed by atoms with Crippen LogP contribution in [0.25, 0.3) is 0 Å². The van der Waals surface area contributed by atoms with E-state index in [0.29, 0.717) is 12.1 Å². The van der Waals surface area contributed by atoms with Crippen LogP contribution in [0.2, 0.25) is 0 Å². The molecule has 0 amide bonds. The highest BCUT2D eigenvalue weighted by Crippen LogP contribution is 2.11. The zero-order valence-electron chi connectivity index (χ0n) is 9.00. The van der Waals surface area contributed by atoms with Crippen molar-refractivity contribution in [1.82, 2.24) is 9.97 Å². The summed E-state index contributed by atoms with van der Waals surface area (Å²) in [6.07, 6.45) is 1.42. The van der Waals surface area contributed by atoms with Crippen LogP contribution in [0, 0.1) is 0 Å². The minimum absolute atomic E-state index is 0.362. The van der Waals surface area contributed by atoms with Crippen LogP contribution in [-0.2, 0) is 12.8 Å². The molecule has 0 aliphatic heterocycles. The molecule has 1 aromatic carbocycles. The Bertz CT molecular complexity index is 585. The molecule has 0 aliphatic carbocycles. The molecular formula is C12H11BrN2O2. The maximum absolute atomic E-state index is 11.1. The van der Waals surface area contributed by atoms with Crippen molar-refractivity contribution in [2.24, 2.45) is 0 Å². The van der Waals surface area contributed by atoms with E-state index in [2.05, 4.69) is 25.9 Å². The van der Waals surface area contributed by atoms with Gasteiger partial charge in [-0.3, -0.25) is 9.78 Å². The SMILES string of the molecule is O=c1cc(CCc2ccc(Br)cc2)[nH]c(=O)[nH]1. The van der Waals surface area contributed by atoms with E-state index >= 15 is 0 Å². The van der Waals surface area contributed by atoms with E-state index in [1.807, 2.05) is 24.3 Å². The van der Waals surface area contributed by atoms with Crippen LogP contribution < -0.4 is 11.2 Å². The molecule has 5 heteroatoms. The number of rotatable bonds is 3. The molecule has 0 radical (unpaired) electrons. The summed E-state index contributed by atoms with van der Waals surface area (Å²) in [5.41, 5.74) is 0.999. The lowest BCUT2D eigenvalue weighted by atomic mass is 10.1. The van der Waals surface area contributed by atoms with Gasteiger partial charge in [0.2, 0.25) is 0 Å². The van der Waals surface area contributed by atoms with Crippen LogP contribution >= 0.6 is 15.9 Å². The Kier molecular flexibility index (Phi) is 3.58. The van der Waals surface area contributed by atoms with Crippen molar-refractivity contribution in [3.8, 4) is 0 Å². The number of aromatic nitrogens is 2. The van der Waals surface area contributed by atoms with Gasteiger partial charge in [-0.15, -0.1) is 0 Å². The highest BCUT2D eigenvalue weighted by Gasteiger charge is 1.98. The van der Waals surface area contributed by atoms with Gasteiger partial charge >= 0.3 is 5.69 Å². The molecule has 0 fully saturated rings. The lowest BCUT2D eigenvalue weighted by Crippen LogP contribution is -2.23. The fourth-order valence-corrected chi connectivity index (χ4v) is 1.85. The Morgan fingerprint density at radius 3 is 2.35 bits per heavy atom. The van der Waals surface area contributed by atoms with Gasteiger partial charge in [0, 0.05) is 16.2 Å². The third-order valence-corrected chi connectivity index (χ3v) is 2.94. The maximum Gasteiger partial charge on any atom is 0.325 e. The number of hydrogen-bond donors (Lipinski definition) is 2. The Balaban J connectivity index is 2.09. The summed E-state index contributed by atoms with van der Waals surface area (Å²) in [6.45, 7) is 0. The number of aryl methyl sites for hydroxylation is 2. The summed E-state index contributed by atoms with van der Waals surface area (Å²) in [5.74, 6) is 0. The number of hydrogen-bond acceptors (Lipinski definition) is 2. The molecule has 0 saturated heterocycles. The smallest absolute Gasteiger partial charge is 0.311 e. The Hall–Kier alpha value is -1.62. The third kappa shape index (κ3) is 3.42. The summed E-state index contributed by atoms with van der Waals surface area (Å²) in [5, 5.41) is 0. The van der Waals surface area contributed by atoms with Gasteiger partial charge in [0.25, 0.3) is 5.56 Å². The molecule has 0 aliphatic rings. The van der Waals surface area contributed by atoms with Gasteiger partial charge < -0.3 is 4.98 Å². The second-order valence-electron chi connectivity index (χ2n) is 3.74. The average Bonchev–Trinajstić information content (AvgIpc) is 2.27. The molecule has 0 unspecified atom stereocenters. The van der Waals surface area contributed by atoms with Gasteiger partial charge in [0.05, 0.1) is 0 Å². The van der Waals surface area contributed by atoms with Gasteiger partial charge in [-0.05, 0) is 30.5 Å². The minimum Gasteiger partial charge on any atom is -0.311 e. The topological polar surface area (TPSA) is 65.7 Å². The normalized spacial score (nSPS) is 10.4. The van der Waals surface area contributed by atoms with Crippen molar-refractivity contribution in [1.29, 1.82) is 0 Å². The van der Waals surface area contributed by atoms with Crippen molar-refractivity contribution < 1.29 is 0 Å². The molecule has 0 bridgehead atoms. The van der Waals surface area contributed by atoms with Crippen LogP contribution in [0.15, 0.2) is 44.4 Å². The number of halogens is 1. The van der Waals surface area contributed by atoms with Crippen LogP contribution in [0.4, 0.5) is 0 Å². The van der Waals surface area contributed by atoms with Crippen molar-refractivity contribution in [2.75, 3.05) is 0 Å². The van der Waals surface area contributed by atoms with Crippen LogP contribution in [0.3, 0.4) is 0 Å². The number of aromatic amines is 2. The van der Waals surface area contributed by atoms with Gasteiger partial charge in [0.15, 0.2) is 0 Å². The lowest BCUT2D eigenvalue weighted by Gasteiger charge is -2.01. The predicted molar refractivity (Wildman–Crippen MR) is 69.2 cm³/mol. The molecule has 1 aromatic heterocycles. The Labute approximate surface area is 106 Å². The molecule has 4 nitrogen and oxygen atoms in total. The fraction of sp³-hybridized carbons (Fsp3) is 0.167. The van der Waals surface area contributed by atoms with Crippen LogP contribution in [-0.4, -0.2) is 9.97 Å². The minimum atomic E-state index is -0.455. The van der Waals surface area contributed by atoms with Crippen LogP contribution in [0.5, 0.6) is 0 Å². The first-order chi connectivity index (χ1) is 8.13. The highest BCUT2D eigenvalue weighted by atomic mass is 79.9. The zero-order valence-corrected chi connectivity index (χ0v) is 10.6. The summed E-state index contributed by atoms with van der Waals surface area (Å²) < 4.78 is 1.03. The second-order valence-corrected chi connectivity index (χ2v) is 4.66. The van der Waals surface area contributed by atoms with Gasteiger partial charge in [0.1, 0.15) is 0 Å². The standard InChI is InChI=1S/C12H11BrN2O2/c13-9-4-1-8(2-5-9)3-6-10-7-11(16)15-12(17)14-10/h1-2,4-5,7H,3,6H2,(H2,14,15,16,17). The quantitative estimate of drug-likeness (QED) is 0.903. The van der Waals surface area contributed by atoms with Crippen molar-refractivity contribution in [2.45, 2.75) is 12.8 Å². The molecular weight excluding hydrogens is 284 g/mol. The lowest BCUT2D eigenvalue weighted by molar-refractivity contribution is 0.871. The molecule has 88 valence electrons. The summed E-state index contributed by atoms with van der Waals surface area (Å²) >= 11 is 3.37. The molecule has 0 atom stereocenters. The number of H-pyrrole nitrogens is 2. The molecule has 0 spiro atoms. The van der Waals surface area contributed by atoms with Crippen molar-refractivity contribution in [3.63, 3.8) is 0 Å². The molecule has 2 aromatic rings. The summed E-state index contributed by atoms with van der Waals surface area (Å²) in [4.78, 5) is 26.9. The molecule has 2 N–H and O–H groups in total. The van der Waals surface area contributed by atoms with E-state index in [1.165, 1.54) is 6.07 Å². The Morgan fingerprint density at radius 2 is 1.71 bits per heavy atom. The predicted octanol–water partition coefficient (Wildman–Crippen LogP) is 1.61. The van der Waals surface area contributed by atoms with E-state index in [9.17, 15) is 9.59 Å².